The van der Waals surface area contributed by atoms with E-state index in [0.717, 1.165) is 4.90 Å². The lowest BCUT2D eigenvalue weighted by molar-refractivity contribution is -0.143. The Hall–Kier alpha value is -4.00. The van der Waals surface area contributed by atoms with Crippen molar-refractivity contribution in [1.82, 2.24) is 10.3 Å². The molecule has 1 aromatic heterocycles. The minimum absolute atomic E-state index is 0.00585. The molecule has 1 aliphatic rings. The van der Waals surface area contributed by atoms with Crippen molar-refractivity contribution in [2.45, 2.75) is 56.9 Å². The first-order chi connectivity index (χ1) is 19.8. The minimum Gasteiger partial charge on any atom is -0.394 e. The molecule has 0 unspecified atom stereocenters. The van der Waals surface area contributed by atoms with E-state index in [1.807, 2.05) is 0 Å². The van der Waals surface area contributed by atoms with E-state index in [4.69, 9.17) is 0 Å². The van der Waals surface area contributed by atoms with E-state index in [1.54, 1.807) is 13.0 Å². The number of likely N-dealkylation sites (N-methyl/N-ethyl adjacent to an activating group) is 1. The Morgan fingerprint density at radius 3 is 2.09 bits per heavy atom. The van der Waals surface area contributed by atoms with E-state index < -0.39 is 58.1 Å². The molecule has 4 rings (SSSR count). The molecule has 2 aromatic carbocycles. The number of hydrogen-bond donors (Lipinski definition) is 2. The SMILES string of the molecule is Cc1cc(F)ccc1-c1cc([C@@H]2CC(=O)N[C@@H]2CO)ncc1N(C)C(=O)C(C)(C)c1cc(C(F)(F)F)cc(C(F)(F)F)c1. The van der Waals surface area contributed by atoms with Gasteiger partial charge in [0, 0.05) is 30.6 Å². The van der Waals surface area contributed by atoms with Crippen molar-refractivity contribution in [3.8, 4) is 11.1 Å². The second kappa shape index (κ2) is 11.3. The van der Waals surface area contributed by atoms with Crippen molar-refractivity contribution in [2.75, 3.05) is 18.6 Å². The number of carbonyl (C=O) groups is 2. The number of anilines is 1. The Balaban J connectivity index is 1.84. The zero-order chi connectivity index (χ0) is 32.1. The number of benzene rings is 2. The summed E-state index contributed by atoms with van der Waals surface area (Å²) >= 11 is 0. The van der Waals surface area contributed by atoms with Gasteiger partial charge in [0.05, 0.1) is 41.1 Å². The molecule has 13 heteroatoms. The fraction of sp³-hybridized carbons (Fsp3) is 0.367. The number of hydrogen-bond acceptors (Lipinski definition) is 4. The third-order valence-electron chi connectivity index (χ3n) is 7.71. The molecule has 3 aromatic rings. The monoisotopic (exact) mass is 611 g/mol. The van der Waals surface area contributed by atoms with Crippen LogP contribution in [-0.2, 0) is 27.4 Å². The molecule has 1 saturated heterocycles. The number of rotatable bonds is 6. The van der Waals surface area contributed by atoms with Gasteiger partial charge in [-0.25, -0.2) is 4.39 Å². The molecular weight excluding hydrogens is 583 g/mol. The lowest BCUT2D eigenvalue weighted by Crippen LogP contribution is -2.42. The summed E-state index contributed by atoms with van der Waals surface area (Å²) in [5.41, 5.74) is -3.68. The summed E-state index contributed by atoms with van der Waals surface area (Å²) in [6.07, 6.45) is -8.88. The molecule has 230 valence electrons. The summed E-state index contributed by atoms with van der Waals surface area (Å²) in [6, 6.07) is 5.88. The average molecular weight is 612 g/mol. The van der Waals surface area contributed by atoms with Gasteiger partial charge >= 0.3 is 12.4 Å². The predicted octanol–water partition coefficient (Wildman–Crippen LogP) is 6.14. The maximum Gasteiger partial charge on any atom is 0.416 e. The Morgan fingerprint density at radius 1 is 0.977 bits per heavy atom. The molecule has 0 spiro atoms. The maximum absolute atomic E-state index is 14.0. The third-order valence-corrected chi connectivity index (χ3v) is 7.71. The second-order valence-corrected chi connectivity index (χ2v) is 11.0. The van der Waals surface area contributed by atoms with Gasteiger partial charge in [-0.15, -0.1) is 0 Å². The first-order valence-electron chi connectivity index (χ1n) is 13.1. The van der Waals surface area contributed by atoms with Gasteiger partial charge in [0.15, 0.2) is 0 Å². The smallest absolute Gasteiger partial charge is 0.394 e. The predicted molar refractivity (Wildman–Crippen MR) is 144 cm³/mol. The molecule has 2 N–H and O–H groups in total. The first kappa shape index (κ1) is 31.9. The third kappa shape index (κ3) is 6.36. The van der Waals surface area contributed by atoms with E-state index in [1.165, 1.54) is 45.3 Å². The molecule has 0 saturated carbocycles. The standard InChI is InChI=1S/C30H28F7N3O3/c1-15-7-19(31)5-6-20(15)21-11-23(22-12-26(42)39-24(22)14-41)38-13-25(21)40(4)27(43)28(2,3)16-8-17(29(32,33)34)10-18(9-16)30(35,36)37/h5-11,13,22,24,41H,12,14H2,1-4H3,(H,39,42)/t22-,24+/m0/s1. The molecule has 0 radical (unpaired) electrons. The van der Waals surface area contributed by atoms with Crippen LogP contribution in [0.1, 0.15) is 54.1 Å². The van der Waals surface area contributed by atoms with Crippen molar-refractivity contribution in [1.29, 1.82) is 0 Å². The van der Waals surface area contributed by atoms with Crippen LogP contribution < -0.4 is 10.2 Å². The van der Waals surface area contributed by atoms with E-state index in [-0.39, 0.29) is 30.7 Å². The Bertz CT molecular complexity index is 1540. The van der Waals surface area contributed by atoms with Gasteiger partial charge in [-0.05, 0) is 73.9 Å². The summed E-state index contributed by atoms with van der Waals surface area (Å²) < 4.78 is 95.3. The lowest BCUT2D eigenvalue weighted by atomic mass is 9.81. The molecule has 6 nitrogen and oxygen atoms in total. The number of nitrogens with zero attached hydrogens (tertiary/aromatic N) is 2. The highest BCUT2D eigenvalue weighted by Gasteiger charge is 2.42. The van der Waals surface area contributed by atoms with Crippen LogP contribution in [0.25, 0.3) is 11.1 Å². The molecule has 1 fully saturated rings. The molecular formula is C30H28F7N3O3. The van der Waals surface area contributed by atoms with Crippen LogP contribution in [0.2, 0.25) is 0 Å². The number of carbonyl (C=O) groups excluding carboxylic acids is 2. The van der Waals surface area contributed by atoms with Gasteiger partial charge in [0.25, 0.3) is 0 Å². The number of halogens is 7. The quantitative estimate of drug-likeness (QED) is 0.329. The normalized spacial score (nSPS) is 17.6. The first-order valence-corrected chi connectivity index (χ1v) is 13.1. The number of aryl methyl sites for hydroxylation is 1. The number of aromatic nitrogens is 1. The van der Waals surface area contributed by atoms with E-state index in [0.29, 0.717) is 34.5 Å². The summed E-state index contributed by atoms with van der Waals surface area (Å²) in [7, 11) is 1.30. The van der Waals surface area contributed by atoms with E-state index in [2.05, 4.69) is 10.3 Å². The highest BCUT2D eigenvalue weighted by Crippen LogP contribution is 2.41. The number of pyridine rings is 1. The molecule has 2 amide bonds. The molecule has 1 aliphatic heterocycles. The minimum atomic E-state index is -5.10. The highest BCUT2D eigenvalue weighted by molar-refractivity contribution is 6.03. The van der Waals surface area contributed by atoms with Crippen LogP contribution in [0, 0.1) is 12.7 Å². The van der Waals surface area contributed by atoms with Crippen molar-refractivity contribution < 1.29 is 45.4 Å². The van der Waals surface area contributed by atoms with Gasteiger partial charge < -0.3 is 15.3 Å². The number of aliphatic hydroxyl groups is 1. The van der Waals surface area contributed by atoms with Gasteiger partial charge in [-0.1, -0.05) is 6.07 Å². The number of aliphatic hydroxyl groups excluding tert-OH is 1. The van der Waals surface area contributed by atoms with Gasteiger partial charge in [-0.2, -0.15) is 26.3 Å². The van der Waals surface area contributed by atoms with Crippen LogP contribution in [0.5, 0.6) is 0 Å². The Morgan fingerprint density at radius 2 is 1.56 bits per heavy atom. The van der Waals surface area contributed by atoms with Crippen molar-refractivity contribution in [3.05, 3.63) is 82.4 Å². The van der Waals surface area contributed by atoms with Gasteiger partial charge in [-0.3, -0.25) is 14.6 Å². The van der Waals surface area contributed by atoms with Crippen molar-refractivity contribution in [3.63, 3.8) is 0 Å². The van der Waals surface area contributed by atoms with Crippen LogP contribution in [0.4, 0.5) is 36.4 Å². The summed E-state index contributed by atoms with van der Waals surface area (Å²) in [4.78, 5) is 31.4. The number of amides is 2. The van der Waals surface area contributed by atoms with E-state index >= 15 is 0 Å². The van der Waals surface area contributed by atoms with Crippen LogP contribution in [-0.4, -0.2) is 41.6 Å². The van der Waals surface area contributed by atoms with E-state index in [9.17, 15) is 45.4 Å². The number of nitrogens with one attached hydrogen (secondary N) is 1. The van der Waals surface area contributed by atoms with Crippen LogP contribution >= 0.6 is 0 Å². The van der Waals surface area contributed by atoms with Crippen molar-refractivity contribution >= 4 is 17.5 Å². The highest BCUT2D eigenvalue weighted by atomic mass is 19.4. The fourth-order valence-corrected chi connectivity index (χ4v) is 5.24. The Kier molecular flexibility index (Phi) is 8.35. The lowest BCUT2D eigenvalue weighted by Gasteiger charge is -2.32. The second-order valence-electron chi connectivity index (χ2n) is 11.0. The van der Waals surface area contributed by atoms with Crippen molar-refractivity contribution in [2.24, 2.45) is 0 Å². The average Bonchev–Trinajstić information content (AvgIpc) is 3.31. The molecule has 0 aliphatic carbocycles. The van der Waals surface area contributed by atoms with Gasteiger partial charge in [0.1, 0.15) is 5.82 Å². The summed E-state index contributed by atoms with van der Waals surface area (Å²) in [5.74, 6) is -2.21. The maximum atomic E-state index is 14.0. The molecule has 2 atom stereocenters. The molecule has 43 heavy (non-hydrogen) atoms. The topological polar surface area (TPSA) is 82.5 Å². The van der Waals surface area contributed by atoms with Crippen LogP contribution in [0.15, 0.2) is 48.7 Å². The molecule has 2 heterocycles. The Labute approximate surface area is 242 Å². The zero-order valence-corrected chi connectivity index (χ0v) is 23.5. The zero-order valence-electron chi connectivity index (χ0n) is 23.5. The fourth-order valence-electron chi connectivity index (χ4n) is 5.24. The summed E-state index contributed by atoms with van der Waals surface area (Å²) in [6.45, 7) is 3.68. The molecule has 0 bridgehead atoms. The van der Waals surface area contributed by atoms with Crippen LogP contribution in [0.3, 0.4) is 0 Å². The number of alkyl halides is 6. The largest absolute Gasteiger partial charge is 0.416 e. The van der Waals surface area contributed by atoms with Gasteiger partial charge in [0.2, 0.25) is 11.8 Å². The summed E-state index contributed by atoms with van der Waals surface area (Å²) in [5, 5.41) is 12.4.